The van der Waals surface area contributed by atoms with Crippen LogP contribution in [0.15, 0.2) is 24.3 Å². The standard InChI is InChI=1S/C14H14N2/c1-9-4-5-12(10(2)6-9)13-7-11(3)16-14(13)8-15/h4-7,16H,1-3H3. The molecular weight excluding hydrogens is 196 g/mol. The summed E-state index contributed by atoms with van der Waals surface area (Å²) in [5.74, 6) is 0. The molecule has 0 aliphatic carbocycles. The summed E-state index contributed by atoms with van der Waals surface area (Å²) in [5.41, 5.74) is 6.24. The number of nitriles is 1. The third kappa shape index (κ3) is 1.72. The third-order valence-electron chi connectivity index (χ3n) is 2.74. The molecule has 1 heterocycles. The molecule has 2 rings (SSSR count). The van der Waals surface area contributed by atoms with Crippen molar-refractivity contribution in [2.45, 2.75) is 20.8 Å². The first-order valence-corrected chi connectivity index (χ1v) is 5.29. The second kappa shape index (κ2) is 3.86. The van der Waals surface area contributed by atoms with Crippen LogP contribution in [0.4, 0.5) is 0 Å². The summed E-state index contributed by atoms with van der Waals surface area (Å²) in [5, 5.41) is 9.06. The zero-order chi connectivity index (χ0) is 11.7. The van der Waals surface area contributed by atoms with E-state index >= 15 is 0 Å². The smallest absolute Gasteiger partial charge is 0.125 e. The number of aromatic nitrogens is 1. The highest BCUT2D eigenvalue weighted by atomic mass is 14.7. The number of nitrogens with zero attached hydrogens (tertiary/aromatic N) is 1. The fourth-order valence-corrected chi connectivity index (χ4v) is 2.01. The van der Waals surface area contributed by atoms with Gasteiger partial charge < -0.3 is 4.98 Å². The van der Waals surface area contributed by atoms with Gasteiger partial charge in [0.25, 0.3) is 0 Å². The lowest BCUT2D eigenvalue weighted by atomic mass is 9.99. The maximum Gasteiger partial charge on any atom is 0.125 e. The van der Waals surface area contributed by atoms with Gasteiger partial charge in [-0.15, -0.1) is 0 Å². The van der Waals surface area contributed by atoms with Gasteiger partial charge in [0.1, 0.15) is 11.8 Å². The highest BCUT2D eigenvalue weighted by molar-refractivity contribution is 5.73. The number of aromatic amines is 1. The number of benzene rings is 1. The first-order valence-electron chi connectivity index (χ1n) is 5.29. The summed E-state index contributed by atoms with van der Waals surface area (Å²) in [6, 6.07) is 10.5. The van der Waals surface area contributed by atoms with Crippen molar-refractivity contribution in [3.63, 3.8) is 0 Å². The molecule has 0 unspecified atom stereocenters. The lowest BCUT2D eigenvalue weighted by molar-refractivity contribution is 1.23. The normalized spacial score (nSPS) is 10.1. The van der Waals surface area contributed by atoms with Crippen molar-refractivity contribution in [2.24, 2.45) is 0 Å². The van der Waals surface area contributed by atoms with Crippen molar-refractivity contribution in [2.75, 3.05) is 0 Å². The molecule has 80 valence electrons. The number of nitrogens with one attached hydrogen (secondary N) is 1. The molecule has 1 aromatic carbocycles. The van der Waals surface area contributed by atoms with E-state index in [-0.39, 0.29) is 0 Å². The quantitative estimate of drug-likeness (QED) is 0.769. The van der Waals surface area contributed by atoms with Crippen LogP contribution >= 0.6 is 0 Å². The van der Waals surface area contributed by atoms with Crippen molar-refractivity contribution in [1.29, 1.82) is 5.26 Å². The Morgan fingerprint density at radius 1 is 1.06 bits per heavy atom. The Labute approximate surface area is 95.6 Å². The van der Waals surface area contributed by atoms with Gasteiger partial charge in [0, 0.05) is 11.3 Å². The molecule has 0 amide bonds. The van der Waals surface area contributed by atoms with Gasteiger partial charge in [-0.05, 0) is 38.0 Å². The van der Waals surface area contributed by atoms with Crippen molar-refractivity contribution in [3.05, 3.63) is 46.8 Å². The molecule has 0 bridgehead atoms. The number of H-pyrrole nitrogens is 1. The van der Waals surface area contributed by atoms with Crippen molar-refractivity contribution >= 4 is 0 Å². The van der Waals surface area contributed by atoms with Gasteiger partial charge in [0.15, 0.2) is 0 Å². The molecule has 0 fully saturated rings. The molecule has 2 nitrogen and oxygen atoms in total. The third-order valence-corrected chi connectivity index (χ3v) is 2.74. The highest BCUT2D eigenvalue weighted by Gasteiger charge is 2.10. The Bertz CT molecular complexity index is 571. The lowest BCUT2D eigenvalue weighted by Crippen LogP contribution is -1.85. The van der Waals surface area contributed by atoms with Gasteiger partial charge in [0.05, 0.1) is 0 Å². The summed E-state index contributed by atoms with van der Waals surface area (Å²) in [6.45, 7) is 6.12. The molecule has 0 aliphatic rings. The highest BCUT2D eigenvalue weighted by Crippen LogP contribution is 2.27. The first kappa shape index (κ1) is 10.5. The minimum atomic E-state index is 0.643. The van der Waals surface area contributed by atoms with E-state index in [2.05, 4.69) is 43.1 Å². The Morgan fingerprint density at radius 2 is 1.81 bits per heavy atom. The molecule has 0 saturated heterocycles. The number of hydrogen-bond acceptors (Lipinski definition) is 1. The minimum absolute atomic E-state index is 0.643. The molecule has 0 atom stereocenters. The fourth-order valence-electron chi connectivity index (χ4n) is 2.01. The van der Waals surface area contributed by atoms with Crippen molar-refractivity contribution < 1.29 is 0 Å². The van der Waals surface area contributed by atoms with E-state index in [1.165, 1.54) is 11.1 Å². The lowest BCUT2D eigenvalue weighted by Gasteiger charge is -2.05. The summed E-state index contributed by atoms with van der Waals surface area (Å²) >= 11 is 0. The minimum Gasteiger partial charge on any atom is -0.350 e. The second-order valence-corrected chi connectivity index (χ2v) is 4.17. The Morgan fingerprint density at radius 3 is 2.44 bits per heavy atom. The van der Waals surface area contributed by atoms with Crippen LogP contribution in [0, 0.1) is 32.1 Å². The largest absolute Gasteiger partial charge is 0.350 e. The van der Waals surface area contributed by atoms with Crippen LogP contribution in [0.2, 0.25) is 0 Å². The molecule has 0 aliphatic heterocycles. The molecule has 1 aromatic heterocycles. The average molecular weight is 210 g/mol. The average Bonchev–Trinajstić information content (AvgIpc) is 2.59. The van der Waals surface area contributed by atoms with E-state index in [4.69, 9.17) is 5.26 Å². The monoisotopic (exact) mass is 210 g/mol. The van der Waals surface area contributed by atoms with Gasteiger partial charge in [-0.25, -0.2) is 0 Å². The SMILES string of the molecule is Cc1ccc(-c2cc(C)[nH]c2C#N)c(C)c1. The van der Waals surface area contributed by atoms with Crippen LogP contribution < -0.4 is 0 Å². The van der Waals surface area contributed by atoms with Crippen molar-refractivity contribution in [3.8, 4) is 17.2 Å². The van der Waals surface area contributed by atoms with E-state index in [1.807, 2.05) is 13.0 Å². The van der Waals surface area contributed by atoms with E-state index < -0.39 is 0 Å². The maximum absolute atomic E-state index is 9.06. The van der Waals surface area contributed by atoms with Gasteiger partial charge in [-0.3, -0.25) is 0 Å². The summed E-state index contributed by atoms with van der Waals surface area (Å²) in [6.07, 6.45) is 0. The maximum atomic E-state index is 9.06. The van der Waals surface area contributed by atoms with E-state index in [9.17, 15) is 0 Å². The molecule has 2 aromatic rings. The summed E-state index contributed by atoms with van der Waals surface area (Å²) in [7, 11) is 0. The Hall–Kier alpha value is -2.01. The molecule has 0 spiro atoms. The van der Waals surface area contributed by atoms with Crippen molar-refractivity contribution in [1.82, 2.24) is 4.98 Å². The predicted molar refractivity (Wildman–Crippen MR) is 65.2 cm³/mol. The van der Waals surface area contributed by atoms with Gasteiger partial charge in [-0.1, -0.05) is 23.8 Å². The molecule has 2 heteroatoms. The molecule has 0 radical (unpaired) electrons. The zero-order valence-electron chi connectivity index (χ0n) is 9.76. The van der Waals surface area contributed by atoms with Crippen LogP contribution in [0.5, 0.6) is 0 Å². The molecular formula is C14H14N2. The van der Waals surface area contributed by atoms with Crippen LogP contribution in [-0.4, -0.2) is 4.98 Å². The molecule has 16 heavy (non-hydrogen) atoms. The van der Waals surface area contributed by atoms with Crippen LogP contribution in [0.25, 0.3) is 11.1 Å². The number of aryl methyl sites for hydroxylation is 3. The Balaban J connectivity index is 2.63. The summed E-state index contributed by atoms with van der Waals surface area (Å²) in [4.78, 5) is 3.07. The van der Waals surface area contributed by atoms with Crippen LogP contribution in [0.3, 0.4) is 0 Å². The molecule has 0 saturated carbocycles. The van der Waals surface area contributed by atoms with E-state index in [1.54, 1.807) is 0 Å². The van der Waals surface area contributed by atoms with E-state index in [0.717, 1.165) is 16.8 Å². The van der Waals surface area contributed by atoms with Gasteiger partial charge in [-0.2, -0.15) is 5.26 Å². The second-order valence-electron chi connectivity index (χ2n) is 4.17. The van der Waals surface area contributed by atoms with Gasteiger partial charge >= 0.3 is 0 Å². The fraction of sp³-hybridized carbons (Fsp3) is 0.214. The first-order chi connectivity index (χ1) is 7.61. The number of rotatable bonds is 1. The molecule has 1 N–H and O–H groups in total. The van der Waals surface area contributed by atoms with Crippen LogP contribution in [-0.2, 0) is 0 Å². The number of hydrogen-bond donors (Lipinski definition) is 1. The topological polar surface area (TPSA) is 39.6 Å². The zero-order valence-corrected chi connectivity index (χ0v) is 9.76. The van der Waals surface area contributed by atoms with Crippen LogP contribution in [0.1, 0.15) is 22.5 Å². The summed E-state index contributed by atoms with van der Waals surface area (Å²) < 4.78 is 0. The van der Waals surface area contributed by atoms with E-state index in [0.29, 0.717) is 5.69 Å². The predicted octanol–water partition coefficient (Wildman–Crippen LogP) is 3.48. The Kier molecular flexibility index (Phi) is 2.54. The van der Waals surface area contributed by atoms with Gasteiger partial charge in [0.2, 0.25) is 0 Å².